The summed E-state index contributed by atoms with van der Waals surface area (Å²) in [5, 5.41) is 3.07. The van der Waals surface area contributed by atoms with E-state index in [0.29, 0.717) is 6.04 Å². The normalized spacial score (nSPS) is 20.1. The van der Waals surface area contributed by atoms with Crippen molar-refractivity contribution in [3.8, 4) is 12.5 Å². The first-order valence-corrected chi connectivity index (χ1v) is 4.71. The van der Waals surface area contributed by atoms with Crippen LogP contribution in [0.4, 0.5) is 0 Å². The predicted molar refractivity (Wildman–Crippen MR) is 54.1 cm³/mol. The topological polar surface area (TPSA) is 12.0 Å². The van der Waals surface area contributed by atoms with E-state index >= 15 is 0 Å². The van der Waals surface area contributed by atoms with Crippen LogP contribution in [0.2, 0.25) is 0 Å². The number of benzene rings is 1. The van der Waals surface area contributed by atoms with Crippen LogP contribution < -0.4 is 5.32 Å². The Hall–Kier alpha value is -1.42. The minimum Gasteiger partial charge on any atom is -0.339 e. The third-order valence-electron chi connectivity index (χ3n) is 2.63. The summed E-state index contributed by atoms with van der Waals surface area (Å²) >= 11 is 0. The quantitative estimate of drug-likeness (QED) is 0.504. The second kappa shape index (κ2) is 3.53. The smallest absolute Gasteiger partial charge is 0.0592 e. The van der Waals surface area contributed by atoms with Gasteiger partial charge in [0.25, 0.3) is 0 Å². The minimum absolute atomic E-state index is 0.370. The Morgan fingerprint density at radius 3 is 3.08 bits per heavy atom. The molecular formula is C12H13N. The highest BCUT2D eigenvalue weighted by Gasteiger charge is 2.17. The second-order valence-corrected chi connectivity index (χ2v) is 3.43. The van der Waals surface area contributed by atoms with E-state index in [1.165, 1.54) is 24.0 Å². The number of fused-ring (bicyclic) bond motifs is 1. The zero-order valence-corrected chi connectivity index (χ0v) is 7.59. The summed E-state index contributed by atoms with van der Waals surface area (Å²) in [6, 6.07) is 11.4. The first kappa shape index (κ1) is 8.19. The number of terminal acetylenes is 1. The fraction of sp³-hybridized carbons (Fsp3) is 0.333. The molecule has 1 atom stereocenters. The van der Waals surface area contributed by atoms with Crippen molar-refractivity contribution in [1.29, 1.82) is 0 Å². The monoisotopic (exact) mass is 171 g/mol. The van der Waals surface area contributed by atoms with Gasteiger partial charge in [0, 0.05) is 6.04 Å². The molecule has 0 aromatic heterocycles. The van der Waals surface area contributed by atoms with E-state index in [1.54, 1.807) is 0 Å². The summed E-state index contributed by atoms with van der Waals surface area (Å²) in [5.41, 5.74) is 2.83. The van der Waals surface area contributed by atoms with E-state index in [-0.39, 0.29) is 0 Å². The summed E-state index contributed by atoms with van der Waals surface area (Å²) in [6.45, 7) is 0. The Kier molecular flexibility index (Phi) is 2.23. The number of hydrogen-bond donors (Lipinski definition) is 1. The molecule has 1 nitrogen and oxygen atoms in total. The van der Waals surface area contributed by atoms with Gasteiger partial charge in [-0.3, -0.25) is 0 Å². The maximum Gasteiger partial charge on any atom is 0.0592 e. The molecule has 0 spiro atoms. The fourth-order valence-corrected chi connectivity index (χ4v) is 2.00. The Balaban J connectivity index is 2.32. The molecule has 0 fully saturated rings. The van der Waals surface area contributed by atoms with Crippen molar-refractivity contribution in [3.05, 3.63) is 35.4 Å². The van der Waals surface area contributed by atoms with E-state index < -0.39 is 0 Å². The van der Waals surface area contributed by atoms with Gasteiger partial charge in [-0.2, -0.15) is 0 Å². The zero-order chi connectivity index (χ0) is 9.10. The van der Waals surface area contributed by atoms with E-state index in [2.05, 4.69) is 35.6 Å². The second-order valence-electron chi connectivity index (χ2n) is 3.43. The van der Waals surface area contributed by atoms with Gasteiger partial charge in [-0.15, -0.1) is 0 Å². The molecule has 1 N–H and O–H groups in total. The molecule has 1 aromatic rings. The van der Waals surface area contributed by atoms with Crippen LogP contribution in [-0.4, -0.2) is 0 Å². The van der Waals surface area contributed by atoms with Crippen LogP contribution in [0, 0.1) is 12.5 Å². The highest BCUT2D eigenvalue weighted by atomic mass is 14.9. The van der Waals surface area contributed by atoms with E-state index in [9.17, 15) is 0 Å². The van der Waals surface area contributed by atoms with Crippen molar-refractivity contribution in [1.82, 2.24) is 5.32 Å². The van der Waals surface area contributed by atoms with Crippen LogP contribution in [0.15, 0.2) is 24.3 Å². The third-order valence-corrected chi connectivity index (χ3v) is 2.63. The molecule has 0 amide bonds. The van der Waals surface area contributed by atoms with Crippen LogP contribution in [0.5, 0.6) is 0 Å². The average molecular weight is 171 g/mol. The molecule has 0 radical (unpaired) electrons. The number of hydrogen-bond acceptors (Lipinski definition) is 1. The summed E-state index contributed by atoms with van der Waals surface area (Å²) < 4.78 is 0. The third kappa shape index (κ3) is 1.53. The highest BCUT2D eigenvalue weighted by Crippen LogP contribution is 2.28. The minimum atomic E-state index is 0.370. The van der Waals surface area contributed by atoms with Crippen LogP contribution in [0.1, 0.15) is 30.0 Å². The van der Waals surface area contributed by atoms with Crippen LogP contribution >= 0.6 is 0 Å². The van der Waals surface area contributed by atoms with Crippen molar-refractivity contribution < 1.29 is 0 Å². The van der Waals surface area contributed by atoms with E-state index in [0.717, 1.165) is 6.42 Å². The summed E-state index contributed by atoms with van der Waals surface area (Å²) in [5.74, 6) is 0. The zero-order valence-electron chi connectivity index (χ0n) is 7.59. The van der Waals surface area contributed by atoms with Crippen LogP contribution in [0.25, 0.3) is 0 Å². The molecule has 1 aliphatic rings. The lowest BCUT2D eigenvalue weighted by Gasteiger charge is -2.24. The van der Waals surface area contributed by atoms with Gasteiger partial charge in [-0.25, -0.2) is 0 Å². The molecular weight excluding hydrogens is 158 g/mol. The Bertz CT molecular complexity index is 335. The largest absolute Gasteiger partial charge is 0.339 e. The molecule has 1 heteroatoms. The van der Waals surface area contributed by atoms with Gasteiger partial charge in [-0.1, -0.05) is 30.7 Å². The Morgan fingerprint density at radius 2 is 2.23 bits per heavy atom. The van der Waals surface area contributed by atoms with Gasteiger partial charge in [0.1, 0.15) is 0 Å². The number of aryl methyl sites for hydroxylation is 1. The fourth-order valence-electron chi connectivity index (χ4n) is 2.00. The lowest BCUT2D eigenvalue weighted by atomic mass is 9.88. The molecule has 0 unspecified atom stereocenters. The van der Waals surface area contributed by atoms with Crippen molar-refractivity contribution in [2.24, 2.45) is 0 Å². The first-order chi connectivity index (χ1) is 6.42. The summed E-state index contributed by atoms with van der Waals surface area (Å²) in [4.78, 5) is 0. The maximum absolute atomic E-state index is 5.26. The standard InChI is InChI=1S/C12H13N/c1-2-13-12-9-5-7-10-6-3-4-8-11(10)12/h1,3-4,6,8,12-13H,5,7,9H2/t12-/m1/s1. The molecule has 1 aliphatic carbocycles. The number of nitrogens with one attached hydrogen (secondary N) is 1. The average Bonchev–Trinajstić information content (AvgIpc) is 2.19. The number of rotatable bonds is 1. The molecule has 66 valence electrons. The highest BCUT2D eigenvalue weighted by molar-refractivity contribution is 5.32. The molecule has 0 bridgehead atoms. The molecule has 13 heavy (non-hydrogen) atoms. The van der Waals surface area contributed by atoms with E-state index in [1.807, 2.05) is 0 Å². The SMILES string of the molecule is C#CN[C@@H]1CCCc2ccccc21. The van der Waals surface area contributed by atoms with Crippen molar-refractivity contribution in [2.45, 2.75) is 25.3 Å². The molecule has 0 aliphatic heterocycles. The lowest BCUT2D eigenvalue weighted by Crippen LogP contribution is -2.20. The van der Waals surface area contributed by atoms with Gasteiger partial charge in [0.15, 0.2) is 0 Å². The molecule has 0 saturated carbocycles. The first-order valence-electron chi connectivity index (χ1n) is 4.71. The van der Waals surface area contributed by atoms with Gasteiger partial charge in [0.2, 0.25) is 0 Å². The van der Waals surface area contributed by atoms with Crippen molar-refractivity contribution >= 4 is 0 Å². The summed E-state index contributed by atoms with van der Waals surface area (Å²) in [6.07, 6.45) is 8.84. The molecule has 2 rings (SSSR count). The van der Waals surface area contributed by atoms with Crippen molar-refractivity contribution in [3.63, 3.8) is 0 Å². The van der Waals surface area contributed by atoms with Crippen LogP contribution in [0.3, 0.4) is 0 Å². The molecule has 0 heterocycles. The van der Waals surface area contributed by atoms with Crippen LogP contribution in [-0.2, 0) is 6.42 Å². The van der Waals surface area contributed by atoms with E-state index in [4.69, 9.17) is 6.42 Å². The lowest BCUT2D eigenvalue weighted by molar-refractivity contribution is 0.521. The summed E-state index contributed by atoms with van der Waals surface area (Å²) in [7, 11) is 0. The Morgan fingerprint density at radius 1 is 1.38 bits per heavy atom. The maximum atomic E-state index is 5.26. The van der Waals surface area contributed by atoms with Crippen molar-refractivity contribution in [2.75, 3.05) is 0 Å². The van der Waals surface area contributed by atoms with Gasteiger partial charge < -0.3 is 5.32 Å². The van der Waals surface area contributed by atoms with Gasteiger partial charge >= 0.3 is 0 Å². The predicted octanol–water partition coefficient (Wildman–Crippen LogP) is 2.24. The molecule has 1 aromatic carbocycles. The van der Waals surface area contributed by atoms with Gasteiger partial charge in [-0.05, 0) is 30.4 Å². The Labute approximate surface area is 79.2 Å². The van der Waals surface area contributed by atoms with Gasteiger partial charge in [0.05, 0.1) is 6.04 Å². The molecule has 0 saturated heterocycles.